The molecule has 1 rings (SSSR count). The molecule has 0 bridgehead atoms. The second kappa shape index (κ2) is 6.05. The zero-order chi connectivity index (χ0) is 12.2. The van der Waals surface area contributed by atoms with Crippen molar-refractivity contribution >= 4 is 37.5 Å². The molecule has 6 heteroatoms. The summed E-state index contributed by atoms with van der Waals surface area (Å²) < 4.78 is 22.4. The summed E-state index contributed by atoms with van der Waals surface area (Å²) in [5.41, 5.74) is 0. The molecule has 0 radical (unpaired) electrons. The Balaban J connectivity index is 2.66. The number of alkyl halides is 1. The van der Waals surface area contributed by atoms with E-state index in [1.54, 1.807) is 24.3 Å². The van der Waals surface area contributed by atoms with Crippen molar-refractivity contribution in [3.05, 3.63) is 24.3 Å². The number of sulfone groups is 1. The average molecular weight is 325 g/mol. The molecule has 16 heavy (non-hydrogen) atoms. The first-order chi connectivity index (χ1) is 7.43. The largest absolute Gasteiger partial charge is 0.391 e. The molecule has 1 aromatic rings. The summed E-state index contributed by atoms with van der Waals surface area (Å²) >= 11 is 4.68. The van der Waals surface area contributed by atoms with Gasteiger partial charge in [-0.3, -0.25) is 0 Å². The first-order valence-corrected chi connectivity index (χ1v) is 8.60. The molecule has 0 aliphatic carbocycles. The van der Waals surface area contributed by atoms with Crippen LogP contribution in [0.25, 0.3) is 0 Å². The Hall–Kier alpha value is -0.0400. The van der Waals surface area contributed by atoms with Gasteiger partial charge in [0.1, 0.15) is 0 Å². The summed E-state index contributed by atoms with van der Waals surface area (Å²) in [5, 5.41) is 9.88. The lowest BCUT2D eigenvalue weighted by Crippen LogP contribution is -2.10. The quantitative estimate of drug-likeness (QED) is 0.664. The van der Waals surface area contributed by atoms with Gasteiger partial charge in [0.05, 0.1) is 11.0 Å². The molecule has 1 unspecified atom stereocenters. The number of hydrogen-bond donors (Lipinski definition) is 1. The molecular weight excluding hydrogens is 312 g/mol. The van der Waals surface area contributed by atoms with Gasteiger partial charge in [-0.2, -0.15) is 0 Å². The summed E-state index contributed by atoms with van der Waals surface area (Å²) in [5.74, 6) is 0.587. The van der Waals surface area contributed by atoms with E-state index in [0.29, 0.717) is 16.0 Å². The smallest absolute Gasteiger partial charge is 0.175 e. The number of benzene rings is 1. The topological polar surface area (TPSA) is 54.4 Å². The SMILES string of the molecule is CS(=O)(=O)c1ccc(SCC(O)CBr)cc1. The highest BCUT2D eigenvalue weighted by atomic mass is 79.9. The van der Waals surface area contributed by atoms with Gasteiger partial charge in [0.2, 0.25) is 0 Å². The number of aliphatic hydroxyl groups excluding tert-OH is 1. The molecule has 0 aliphatic rings. The maximum atomic E-state index is 11.2. The monoisotopic (exact) mass is 324 g/mol. The van der Waals surface area contributed by atoms with Crippen LogP contribution in [-0.2, 0) is 9.84 Å². The van der Waals surface area contributed by atoms with Crippen LogP contribution in [0, 0.1) is 0 Å². The normalized spacial score (nSPS) is 13.7. The minimum Gasteiger partial charge on any atom is -0.391 e. The molecule has 0 spiro atoms. The zero-order valence-corrected chi connectivity index (χ0v) is 12.0. The van der Waals surface area contributed by atoms with Gasteiger partial charge in [-0.1, -0.05) is 15.9 Å². The van der Waals surface area contributed by atoms with Crippen LogP contribution < -0.4 is 0 Å². The van der Waals surface area contributed by atoms with Crippen molar-refractivity contribution in [3.63, 3.8) is 0 Å². The van der Waals surface area contributed by atoms with Gasteiger partial charge in [-0.05, 0) is 24.3 Å². The molecule has 90 valence electrons. The van der Waals surface area contributed by atoms with Crippen molar-refractivity contribution in [3.8, 4) is 0 Å². The van der Waals surface area contributed by atoms with E-state index < -0.39 is 9.84 Å². The fraction of sp³-hybridized carbons (Fsp3) is 0.400. The van der Waals surface area contributed by atoms with E-state index in [0.717, 1.165) is 4.90 Å². The number of rotatable bonds is 5. The van der Waals surface area contributed by atoms with E-state index >= 15 is 0 Å². The van der Waals surface area contributed by atoms with Crippen molar-refractivity contribution in [1.29, 1.82) is 0 Å². The number of halogens is 1. The lowest BCUT2D eigenvalue weighted by Gasteiger charge is -2.06. The molecule has 1 atom stereocenters. The third-order valence-corrected chi connectivity index (χ3v) is 4.91. The Morgan fingerprint density at radius 1 is 1.38 bits per heavy atom. The van der Waals surface area contributed by atoms with E-state index in [9.17, 15) is 13.5 Å². The number of aliphatic hydroxyl groups is 1. The van der Waals surface area contributed by atoms with Crippen LogP contribution in [0.15, 0.2) is 34.1 Å². The first-order valence-electron chi connectivity index (χ1n) is 4.60. The van der Waals surface area contributed by atoms with Crippen LogP contribution in [0.5, 0.6) is 0 Å². The summed E-state index contributed by atoms with van der Waals surface area (Å²) in [6, 6.07) is 6.67. The highest BCUT2D eigenvalue weighted by Crippen LogP contribution is 2.21. The molecule has 0 amide bonds. The van der Waals surface area contributed by atoms with Crippen LogP contribution in [-0.4, -0.2) is 37.0 Å². The van der Waals surface area contributed by atoms with Gasteiger partial charge in [-0.15, -0.1) is 11.8 Å². The van der Waals surface area contributed by atoms with E-state index in [1.165, 1.54) is 18.0 Å². The Bertz CT molecular complexity index is 428. The third-order valence-electron chi connectivity index (χ3n) is 1.87. The van der Waals surface area contributed by atoms with Crippen molar-refractivity contribution in [2.45, 2.75) is 15.9 Å². The summed E-state index contributed by atoms with van der Waals surface area (Å²) in [6.07, 6.45) is 0.795. The van der Waals surface area contributed by atoms with E-state index in [1.807, 2.05) is 0 Å². The second-order valence-corrected chi connectivity index (χ2v) is 7.12. The van der Waals surface area contributed by atoms with Gasteiger partial charge in [0.25, 0.3) is 0 Å². The van der Waals surface area contributed by atoms with Crippen LogP contribution in [0.2, 0.25) is 0 Å². The van der Waals surface area contributed by atoms with E-state index in [4.69, 9.17) is 0 Å². The minimum absolute atomic E-state index is 0.317. The summed E-state index contributed by atoms with van der Waals surface area (Å²) in [7, 11) is -3.12. The third kappa shape index (κ3) is 4.45. The van der Waals surface area contributed by atoms with Gasteiger partial charge >= 0.3 is 0 Å². The molecule has 1 aromatic carbocycles. The van der Waals surface area contributed by atoms with Crippen LogP contribution in [0.1, 0.15) is 0 Å². The molecule has 0 heterocycles. The van der Waals surface area contributed by atoms with Gasteiger partial charge < -0.3 is 5.11 Å². The van der Waals surface area contributed by atoms with E-state index in [2.05, 4.69) is 15.9 Å². The Morgan fingerprint density at radius 2 is 1.94 bits per heavy atom. The van der Waals surface area contributed by atoms with Crippen LogP contribution in [0.4, 0.5) is 0 Å². The molecule has 0 aliphatic heterocycles. The average Bonchev–Trinajstić information content (AvgIpc) is 2.25. The summed E-state index contributed by atoms with van der Waals surface area (Å²) in [6.45, 7) is 0. The summed E-state index contributed by atoms with van der Waals surface area (Å²) in [4.78, 5) is 1.27. The number of thioether (sulfide) groups is 1. The van der Waals surface area contributed by atoms with Crippen molar-refractivity contribution in [2.24, 2.45) is 0 Å². The Morgan fingerprint density at radius 3 is 2.38 bits per heavy atom. The first kappa shape index (κ1) is 14.0. The van der Waals surface area contributed by atoms with Crippen LogP contribution >= 0.6 is 27.7 Å². The predicted octanol–water partition coefficient (Wildman–Crippen LogP) is 1.94. The second-order valence-electron chi connectivity index (χ2n) is 3.36. The Kier molecular flexibility index (Phi) is 5.30. The molecular formula is C10H13BrO3S2. The maximum Gasteiger partial charge on any atom is 0.175 e. The Labute approximate surface area is 108 Å². The van der Waals surface area contributed by atoms with E-state index in [-0.39, 0.29) is 6.10 Å². The van der Waals surface area contributed by atoms with Gasteiger partial charge in [0, 0.05) is 22.2 Å². The predicted molar refractivity (Wildman–Crippen MR) is 70.1 cm³/mol. The fourth-order valence-electron chi connectivity index (χ4n) is 1.02. The van der Waals surface area contributed by atoms with Crippen molar-refractivity contribution in [1.82, 2.24) is 0 Å². The molecule has 0 aromatic heterocycles. The molecule has 1 N–H and O–H groups in total. The number of hydrogen-bond acceptors (Lipinski definition) is 4. The highest BCUT2D eigenvalue weighted by Gasteiger charge is 2.07. The molecule has 0 saturated heterocycles. The van der Waals surface area contributed by atoms with Gasteiger partial charge in [0.15, 0.2) is 9.84 Å². The van der Waals surface area contributed by atoms with Crippen molar-refractivity contribution < 1.29 is 13.5 Å². The standard InChI is InChI=1S/C10H13BrO3S2/c1-16(13,14)10-4-2-9(3-5-10)15-7-8(12)6-11/h2-5,8,12H,6-7H2,1H3. The zero-order valence-electron chi connectivity index (χ0n) is 8.76. The maximum absolute atomic E-state index is 11.2. The minimum atomic E-state index is -3.12. The molecule has 3 nitrogen and oxygen atoms in total. The lowest BCUT2D eigenvalue weighted by molar-refractivity contribution is 0.226. The highest BCUT2D eigenvalue weighted by molar-refractivity contribution is 9.09. The van der Waals surface area contributed by atoms with Gasteiger partial charge in [-0.25, -0.2) is 8.42 Å². The van der Waals surface area contributed by atoms with Crippen LogP contribution in [0.3, 0.4) is 0 Å². The molecule has 0 fully saturated rings. The molecule has 0 saturated carbocycles. The fourth-order valence-corrected chi connectivity index (χ4v) is 3.01. The lowest BCUT2D eigenvalue weighted by atomic mass is 10.4. The van der Waals surface area contributed by atoms with Crippen molar-refractivity contribution in [2.75, 3.05) is 17.3 Å².